The Morgan fingerprint density at radius 3 is 2.69 bits per heavy atom. The average molecular weight is 458 g/mol. The molecule has 1 saturated heterocycles. The fourth-order valence-corrected chi connectivity index (χ4v) is 4.00. The number of halogens is 2. The van der Waals surface area contributed by atoms with Crippen LogP contribution in [0.15, 0.2) is 42.6 Å². The number of aromatic nitrogens is 3. The zero-order valence-electron chi connectivity index (χ0n) is 18.0. The third-order valence-corrected chi connectivity index (χ3v) is 5.75. The molecule has 1 atom stereocenters. The Morgan fingerprint density at radius 1 is 1.25 bits per heavy atom. The molecule has 1 fully saturated rings. The van der Waals surface area contributed by atoms with Crippen LogP contribution in [0.3, 0.4) is 0 Å². The number of ether oxygens (including phenoxy) is 1. The fraction of sp³-hybridized carbons (Fsp3) is 0.348. The molecule has 1 amide bonds. The van der Waals surface area contributed by atoms with Gasteiger partial charge in [-0.1, -0.05) is 29.8 Å². The molecule has 0 aliphatic carbocycles. The van der Waals surface area contributed by atoms with Crippen molar-refractivity contribution in [2.24, 2.45) is 0 Å². The smallest absolute Gasteiger partial charge is 0.256 e. The first-order chi connectivity index (χ1) is 15.4. The SMILES string of the molecule is Cc1nn(Cc2ccc(F)cc2)c(Cl)c1C(=O)NCc1ccc(N2CCOC(C)C2)nc1. The van der Waals surface area contributed by atoms with Crippen LogP contribution in [0, 0.1) is 12.7 Å². The van der Waals surface area contributed by atoms with E-state index in [0.717, 1.165) is 30.0 Å². The highest BCUT2D eigenvalue weighted by atomic mass is 35.5. The molecule has 1 aliphatic rings. The summed E-state index contributed by atoms with van der Waals surface area (Å²) in [5.74, 6) is 0.290. The van der Waals surface area contributed by atoms with E-state index in [1.54, 1.807) is 29.9 Å². The highest BCUT2D eigenvalue weighted by Gasteiger charge is 2.21. The number of anilines is 1. The molecule has 0 radical (unpaired) electrons. The summed E-state index contributed by atoms with van der Waals surface area (Å²) in [7, 11) is 0. The van der Waals surface area contributed by atoms with E-state index in [0.29, 0.717) is 31.0 Å². The van der Waals surface area contributed by atoms with Gasteiger partial charge in [0.2, 0.25) is 0 Å². The largest absolute Gasteiger partial charge is 0.375 e. The van der Waals surface area contributed by atoms with E-state index in [4.69, 9.17) is 16.3 Å². The molecule has 0 spiro atoms. The summed E-state index contributed by atoms with van der Waals surface area (Å²) in [4.78, 5) is 19.5. The van der Waals surface area contributed by atoms with Crippen LogP contribution < -0.4 is 10.2 Å². The van der Waals surface area contributed by atoms with Crippen LogP contribution in [0.25, 0.3) is 0 Å². The summed E-state index contributed by atoms with van der Waals surface area (Å²) in [6, 6.07) is 10.00. The van der Waals surface area contributed by atoms with Gasteiger partial charge in [-0.3, -0.25) is 4.79 Å². The minimum atomic E-state index is -0.307. The lowest BCUT2D eigenvalue weighted by Gasteiger charge is -2.32. The molecule has 0 saturated carbocycles. The molecule has 1 aliphatic heterocycles. The number of rotatable bonds is 6. The maximum atomic E-state index is 13.1. The first-order valence-electron chi connectivity index (χ1n) is 10.5. The molecule has 1 unspecified atom stereocenters. The van der Waals surface area contributed by atoms with Gasteiger partial charge in [0.25, 0.3) is 5.91 Å². The van der Waals surface area contributed by atoms with Crippen LogP contribution in [0.1, 0.15) is 34.1 Å². The van der Waals surface area contributed by atoms with Crippen LogP contribution in [0.4, 0.5) is 10.2 Å². The number of morpholine rings is 1. The molecule has 4 rings (SSSR count). The number of nitrogens with zero attached hydrogens (tertiary/aromatic N) is 4. The third kappa shape index (κ3) is 5.08. The second-order valence-electron chi connectivity index (χ2n) is 7.87. The molecule has 3 heterocycles. The van der Waals surface area contributed by atoms with Gasteiger partial charge in [-0.05, 0) is 43.2 Å². The number of benzene rings is 1. The number of carbonyl (C=O) groups is 1. The van der Waals surface area contributed by atoms with Gasteiger partial charge in [0.05, 0.1) is 30.5 Å². The number of carbonyl (C=O) groups excluding carboxylic acids is 1. The zero-order valence-corrected chi connectivity index (χ0v) is 18.8. The van der Waals surface area contributed by atoms with E-state index in [1.807, 2.05) is 19.1 Å². The van der Waals surface area contributed by atoms with Crippen LogP contribution in [0.2, 0.25) is 5.15 Å². The molecule has 1 N–H and O–H groups in total. The van der Waals surface area contributed by atoms with E-state index in [1.165, 1.54) is 12.1 Å². The predicted molar refractivity (Wildman–Crippen MR) is 121 cm³/mol. The summed E-state index contributed by atoms with van der Waals surface area (Å²) in [5, 5.41) is 7.51. The van der Waals surface area contributed by atoms with E-state index in [9.17, 15) is 9.18 Å². The Hall–Kier alpha value is -2.97. The highest BCUT2D eigenvalue weighted by molar-refractivity contribution is 6.33. The van der Waals surface area contributed by atoms with Crippen molar-refractivity contribution in [2.45, 2.75) is 33.0 Å². The van der Waals surface area contributed by atoms with Crippen molar-refractivity contribution in [1.29, 1.82) is 0 Å². The number of aryl methyl sites for hydroxylation is 1. The maximum Gasteiger partial charge on any atom is 0.256 e. The van der Waals surface area contributed by atoms with E-state index in [2.05, 4.69) is 20.3 Å². The highest BCUT2D eigenvalue weighted by Crippen LogP contribution is 2.21. The van der Waals surface area contributed by atoms with Crippen molar-refractivity contribution in [3.8, 4) is 0 Å². The number of hydrogen-bond donors (Lipinski definition) is 1. The van der Waals surface area contributed by atoms with Gasteiger partial charge in [0, 0.05) is 25.8 Å². The molecule has 2 aromatic heterocycles. The minimum Gasteiger partial charge on any atom is -0.375 e. The van der Waals surface area contributed by atoms with Crippen molar-refractivity contribution < 1.29 is 13.9 Å². The minimum absolute atomic E-state index is 0.182. The number of nitrogens with one attached hydrogen (secondary N) is 1. The normalized spacial score (nSPS) is 16.2. The first kappa shape index (κ1) is 22.2. The molecular weight excluding hydrogens is 433 g/mol. The van der Waals surface area contributed by atoms with Gasteiger partial charge in [0.1, 0.15) is 16.8 Å². The summed E-state index contributed by atoms with van der Waals surface area (Å²) in [6.07, 6.45) is 1.95. The number of amides is 1. The molecule has 3 aromatic rings. The zero-order chi connectivity index (χ0) is 22.7. The predicted octanol–water partition coefficient (Wildman–Crippen LogP) is 3.58. The average Bonchev–Trinajstić information content (AvgIpc) is 3.07. The molecule has 9 heteroatoms. The van der Waals surface area contributed by atoms with Crippen LogP contribution in [-0.2, 0) is 17.8 Å². The van der Waals surface area contributed by atoms with Gasteiger partial charge >= 0.3 is 0 Å². The van der Waals surface area contributed by atoms with Crippen LogP contribution >= 0.6 is 11.6 Å². The van der Waals surface area contributed by atoms with Crippen molar-refractivity contribution in [3.63, 3.8) is 0 Å². The summed E-state index contributed by atoms with van der Waals surface area (Å²) in [5.41, 5.74) is 2.59. The van der Waals surface area contributed by atoms with E-state index >= 15 is 0 Å². The van der Waals surface area contributed by atoms with E-state index < -0.39 is 0 Å². The van der Waals surface area contributed by atoms with Gasteiger partial charge in [-0.25, -0.2) is 14.1 Å². The van der Waals surface area contributed by atoms with Gasteiger partial charge in [-0.2, -0.15) is 5.10 Å². The Labute approximate surface area is 191 Å². The number of hydrogen-bond acceptors (Lipinski definition) is 5. The molecule has 1 aromatic carbocycles. The van der Waals surface area contributed by atoms with Crippen LogP contribution in [-0.4, -0.2) is 46.5 Å². The van der Waals surface area contributed by atoms with Crippen molar-refractivity contribution in [3.05, 3.63) is 75.9 Å². The Bertz CT molecular complexity index is 1090. The molecule has 7 nitrogen and oxygen atoms in total. The van der Waals surface area contributed by atoms with Gasteiger partial charge in [-0.15, -0.1) is 0 Å². The third-order valence-electron chi connectivity index (χ3n) is 5.37. The topological polar surface area (TPSA) is 72.3 Å². The van der Waals surface area contributed by atoms with Crippen molar-refractivity contribution in [1.82, 2.24) is 20.1 Å². The maximum absolute atomic E-state index is 13.1. The molecular formula is C23H25ClFN5O2. The van der Waals surface area contributed by atoms with E-state index in [-0.39, 0.29) is 23.0 Å². The first-order valence-corrected chi connectivity index (χ1v) is 10.9. The molecule has 168 valence electrons. The van der Waals surface area contributed by atoms with Crippen molar-refractivity contribution in [2.75, 3.05) is 24.6 Å². The lowest BCUT2D eigenvalue weighted by atomic mass is 10.2. The van der Waals surface area contributed by atoms with Crippen LogP contribution in [0.5, 0.6) is 0 Å². The standard InChI is InChI=1S/C23H25ClFN5O2/c1-15-13-29(9-10-32-15)20-8-5-18(11-26-20)12-27-23(31)21-16(2)28-30(22(21)24)14-17-3-6-19(25)7-4-17/h3-8,11,15H,9-10,12-14H2,1-2H3,(H,27,31). The fourth-order valence-electron chi connectivity index (χ4n) is 3.68. The second kappa shape index (κ2) is 9.67. The quantitative estimate of drug-likeness (QED) is 0.612. The molecule has 32 heavy (non-hydrogen) atoms. The monoisotopic (exact) mass is 457 g/mol. The lowest BCUT2D eigenvalue weighted by molar-refractivity contribution is 0.0529. The number of pyridine rings is 1. The van der Waals surface area contributed by atoms with Gasteiger partial charge < -0.3 is 15.0 Å². The lowest BCUT2D eigenvalue weighted by Crippen LogP contribution is -2.41. The summed E-state index contributed by atoms with van der Waals surface area (Å²) >= 11 is 6.44. The van der Waals surface area contributed by atoms with Crippen molar-refractivity contribution >= 4 is 23.3 Å². The summed E-state index contributed by atoms with van der Waals surface area (Å²) < 4.78 is 20.2. The Balaban J connectivity index is 1.38. The van der Waals surface area contributed by atoms with Gasteiger partial charge in [0.15, 0.2) is 0 Å². The molecule has 0 bridgehead atoms. The Morgan fingerprint density at radius 2 is 2.00 bits per heavy atom. The Kier molecular flexibility index (Phi) is 6.72. The summed E-state index contributed by atoms with van der Waals surface area (Å²) in [6.45, 7) is 6.77. The second-order valence-corrected chi connectivity index (χ2v) is 8.23.